The zero-order valence-electron chi connectivity index (χ0n) is 19.8. The van der Waals surface area contributed by atoms with Gasteiger partial charge in [-0.1, -0.05) is 0 Å². The molecule has 0 saturated carbocycles. The summed E-state index contributed by atoms with van der Waals surface area (Å²) < 4.78 is 34.6. The van der Waals surface area contributed by atoms with E-state index < -0.39 is 11.1 Å². The van der Waals surface area contributed by atoms with Crippen LogP contribution in [0.3, 0.4) is 0 Å². The molecule has 13 nitrogen and oxygen atoms in total. The minimum absolute atomic E-state index is 0.0798. The van der Waals surface area contributed by atoms with Crippen LogP contribution in [0, 0.1) is 0 Å². The molecule has 0 spiro atoms. The molecule has 3 aromatic rings. The first-order chi connectivity index (χ1) is 17.0. The van der Waals surface area contributed by atoms with Gasteiger partial charge in [-0.15, -0.1) is 0 Å². The standard InChI is InChI=1S/C21H29N9O4S/c1-27-16(13-28-3-5-29(6-4-28)14-35(31)32)24-17-19(27)25-18(15-11-22-21(33-2)23-12-15)26-20(17)30-7-9-34-10-8-30/h11-12H,3-10,13-14H2,1-2H3,(H,31,32)/p-1. The summed E-state index contributed by atoms with van der Waals surface area (Å²) in [7, 11) is 3.49. The summed E-state index contributed by atoms with van der Waals surface area (Å²) in [5, 5.41) is 0. The van der Waals surface area contributed by atoms with Crippen molar-refractivity contribution in [2.24, 2.45) is 7.05 Å². The zero-order valence-corrected chi connectivity index (χ0v) is 20.6. The van der Waals surface area contributed by atoms with Gasteiger partial charge in [0.25, 0.3) is 0 Å². The first kappa shape index (κ1) is 23.9. The van der Waals surface area contributed by atoms with Crippen molar-refractivity contribution in [3.8, 4) is 17.4 Å². The number of hydrogen-bond donors (Lipinski definition) is 0. The number of nitrogens with zero attached hydrogens (tertiary/aromatic N) is 9. The highest BCUT2D eigenvalue weighted by atomic mass is 32.2. The number of aromatic nitrogens is 6. The first-order valence-corrected chi connectivity index (χ1v) is 12.7. The lowest BCUT2D eigenvalue weighted by molar-refractivity contribution is 0.122. The second kappa shape index (κ2) is 10.5. The lowest BCUT2D eigenvalue weighted by atomic mass is 10.3. The molecular formula is C21H28N9O4S-. The van der Waals surface area contributed by atoms with E-state index in [2.05, 4.69) is 19.8 Å². The van der Waals surface area contributed by atoms with E-state index in [0.29, 0.717) is 44.2 Å². The number of piperazine rings is 1. The van der Waals surface area contributed by atoms with Crippen LogP contribution in [0.15, 0.2) is 12.4 Å². The van der Waals surface area contributed by atoms with Gasteiger partial charge in [-0.3, -0.25) is 14.0 Å². The van der Waals surface area contributed by atoms with E-state index >= 15 is 0 Å². The molecule has 1 atom stereocenters. The van der Waals surface area contributed by atoms with Crippen molar-refractivity contribution in [3.63, 3.8) is 0 Å². The highest BCUT2D eigenvalue weighted by Crippen LogP contribution is 2.28. The number of imidazole rings is 1. The number of aryl methyl sites for hydroxylation is 1. The van der Waals surface area contributed by atoms with Crippen LogP contribution in [0.25, 0.3) is 22.6 Å². The summed E-state index contributed by atoms with van der Waals surface area (Å²) in [6, 6.07) is 0.285. The summed E-state index contributed by atoms with van der Waals surface area (Å²) >= 11 is -2.06. The van der Waals surface area contributed by atoms with E-state index in [4.69, 9.17) is 24.4 Å². The largest absolute Gasteiger partial charge is 0.771 e. The second-order valence-corrected chi connectivity index (χ2v) is 9.38. The van der Waals surface area contributed by atoms with Crippen LogP contribution >= 0.6 is 0 Å². The Morgan fingerprint density at radius 1 is 1.03 bits per heavy atom. The molecule has 0 bridgehead atoms. The van der Waals surface area contributed by atoms with Gasteiger partial charge >= 0.3 is 6.01 Å². The predicted octanol–water partition coefficient (Wildman–Crippen LogP) is -0.380. The third-order valence-electron chi connectivity index (χ3n) is 6.29. The number of fused-ring (bicyclic) bond motifs is 1. The number of hydrogen-bond acceptors (Lipinski definition) is 12. The van der Waals surface area contributed by atoms with E-state index in [1.54, 1.807) is 12.4 Å². The predicted molar refractivity (Wildman–Crippen MR) is 128 cm³/mol. The topological polar surface area (TPSA) is 138 Å². The molecule has 0 N–H and O–H groups in total. The Bertz CT molecular complexity index is 1190. The fourth-order valence-electron chi connectivity index (χ4n) is 4.32. The van der Waals surface area contributed by atoms with Gasteiger partial charge in [0.15, 0.2) is 22.8 Å². The van der Waals surface area contributed by atoms with Crippen LogP contribution in [0.5, 0.6) is 6.01 Å². The normalized spacial score (nSPS) is 18.8. The molecule has 0 amide bonds. The van der Waals surface area contributed by atoms with Crippen LogP contribution in [0.2, 0.25) is 0 Å². The Hall–Kier alpha value is -2.78. The molecule has 0 radical (unpaired) electrons. The van der Waals surface area contributed by atoms with Gasteiger partial charge in [-0.2, -0.15) is 0 Å². The van der Waals surface area contributed by atoms with Crippen molar-refractivity contribution < 1.29 is 18.2 Å². The maximum absolute atomic E-state index is 11.0. The summed E-state index contributed by atoms with van der Waals surface area (Å²) in [4.78, 5) is 29.5. The molecule has 1 unspecified atom stereocenters. The lowest BCUT2D eigenvalue weighted by Gasteiger charge is -2.34. The maximum Gasteiger partial charge on any atom is 0.316 e. The van der Waals surface area contributed by atoms with Crippen LogP contribution in [0.1, 0.15) is 5.82 Å². The number of methoxy groups -OCH3 is 1. The van der Waals surface area contributed by atoms with Crippen molar-refractivity contribution in [1.82, 2.24) is 39.3 Å². The van der Waals surface area contributed by atoms with Crippen LogP contribution < -0.4 is 9.64 Å². The van der Waals surface area contributed by atoms with Gasteiger partial charge in [0, 0.05) is 58.7 Å². The van der Waals surface area contributed by atoms with E-state index in [0.717, 1.165) is 49.0 Å². The molecule has 0 aliphatic carbocycles. The molecule has 14 heteroatoms. The average Bonchev–Trinajstić information content (AvgIpc) is 3.20. The Morgan fingerprint density at radius 2 is 1.71 bits per heavy atom. The molecule has 3 aromatic heterocycles. The molecule has 5 heterocycles. The molecule has 188 valence electrons. The van der Waals surface area contributed by atoms with E-state index in [1.165, 1.54) is 7.11 Å². The van der Waals surface area contributed by atoms with Gasteiger partial charge in [0.05, 0.1) is 38.3 Å². The van der Waals surface area contributed by atoms with Crippen molar-refractivity contribution in [3.05, 3.63) is 18.2 Å². The highest BCUT2D eigenvalue weighted by Gasteiger charge is 2.24. The minimum atomic E-state index is -2.06. The van der Waals surface area contributed by atoms with Gasteiger partial charge in [0.1, 0.15) is 5.82 Å². The van der Waals surface area contributed by atoms with Crippen molar-refractivity contribution in [2.75, 3.05) is 70.4 Å². The van der Waals surface area contributed by atoms with Gasteiger partial charge < -0.3 is 23.5 Å². The second-order valence-electron chi connectivity index (χ2n) is 8.51. The molecule has 2 fully saturated rings. The first-order valence-electron chi connectivity index (χ1n) is 11.4. The number of morpholine rings is 1. The molecular weight excluding hydrogens is 474 g/mol. The number of rotatable bonds is 7. The van der Waals surface area contributed by atoms with E-state index in [1.807, 2.05) is 16.5 Å². The van der Waals surface area contributed by atoms with Gasteiger partial charge in [-0.25, -0.2) is 24.9 Å². The minimum Gasteiger partial charge on any atom is -0.771 e. The summed E-state index contributed by atoms with van der Waals surface area (Å²) in [6.07, 6.45) is 3.31. The number of ether oxygens (including phenoxy) is 2. The molecule has 5 rings (SSSR count). The van der Waals surface area contributed by atoms with Crippen molar-refractivity contribution in [2.45, 2.75) is 6.54 Å². The lowest BCUT2D eigenvalue weighted by Crippen LogP contribution is -2.47. The maximum atomic E-state index is 11.0. The average molecular weight is 503 g/mol. The Labute approximate surface area is 205 Å². The monoisotopic (exact) mass is 502 g/mol. The van der Waals surface area contributed by atoms with Crippen LogP contribution in [-0.2, 0) is 29.4 Å². The fourth-order valence-corrected chi connectivity index (χ4v) is 4.88. The Morgan fingerprint density at radius 3 is 2.37 bits per heavy atom. The summed E-state index contributed by atoms with van der Waals surface area (Å²) in [6.45, 7) is 6.31. The third-order valence-corrected chi connectivity index (χ3v) is 6.87. The fraction of sp³-hybridized carbons (Fsp3) is 0.571. The van der Waals surface area contributed by atoms with Crippen LogP contribution in [-0.4, -0.2) is 114 Å². The van der Waals surface area contributed by atoms with E-state index in [-0.39, 0.29) is 11.9 Å². The molecule has 0 aromatic carbocycles. The SMILES string of the molecule is COc1ncc(-c2nc(N3CCOCC3)c3nc(CN4CCN(CS(=O)[O-])CC4)n(C)c3n2)cn1. The molecule has 2 aliphatic rings. The Balaban J connectivity index is 1.46. The zero-order chi connectivity index (χ0) is 24.4. The smallest absolute Gasteiger partial charge is 0.316 e. The number of anilines is 1. The highest BCUT2D eigenvalue weighted by molar-refractivity contribution is 7.79. The van der Waals surface area contributed by atoms with Gasteiger partial charge in [-0.05, 0) is 11.1 Å². The van der Waals surface area contributed by atoms with Gasteiger partial charge in [0.2, 0.25) is 0 Å². The molecule has 35 heavy (non-hydrogen) atoms. The Kier molecular flexibility index (Phi) is 7.15. The molecule has 2 aliphatic heterocycles. The third kappa shape index (κ3) is 5.26. The quantitative estimate of drug-likeness (QED) is 0.389. The van der Waals surface area contributed by atoms with Crippen LogP contribution in [0.4, 0.5) is 5.82 Å². The van der Waals surface area contributed by atoms with E-state index in [9.17, 15) is 8.76 Å². The summed E-state index contributed by atoms with van der Waals surface area (Å²) in [5.74, 6) is 2.26. The molecule has 2 saturated heterocycles. The summed E-state index contributed by atoms with van der Waals surface area (Å²) in [5.41, 5.74) is 2.18. The van der Waals surface area contributed by atoms with Crippen molar-refractivity contribution >= 4 is 28.1 Å². The van der Waals surface area contributed by atoms with Crippen molar-refractivity contribution in [1.29, 1.82) is 0 Å².